The van der Waals surface area contributed by atoms with Crippen LogP contribution in [-0.4, -0.2) is 18.1 Å². The topological polar surface area (TPSA) is 83.0 Å². The third-order valence-electron chi connectivity index (χ3n) is 0.743. The Morgan fingerprint density at radius 1 is 1.60 bits per heavy atom. The SMILES string of the molecule is CO/C(=C/C(=N)Cl)C(=N)N. The molecule has 10 heavy (non-hydrogen) atoms. The Morgan fingerprint density at radius 2 is 2.10 bits per heavy atom. The van der Waals surface area contributed by atoms with E-state index in [0.29, 0.717) is 0 Å². The number of methoxy groups -OCH3 is 1. The lowest BCUT2D eigenvalue weighted by molar-refractivity contribution is 0.314. The number of hydrogen-bond acceptors (Lipinski definition) is 3. The first-order valence-electron chi connectivity index (χ1n) is 2.42. The highest BCUT2D eigenvalue weighted by Gasteiger charge is 1.99. The van der Waals surface area contributed by atoms with Crippen LogP contribution in [0.4, 0.5) is 0 Å². The van der Waals surface area contributed by atoms with Crippen molar-refractivity contribution in [3.05, 3.63) is 11.8 Å². The summed E-state index contributed by atoms with van der Waals surface area (Å²) >= 11 is 5.17. The van der Waals surface area contributed by atoms with E-state index in [4.69, 9.17) is 28.2 Å². The molecule has 0 fully saturated rings. The van der Waals surface area contributed by atoms with Gasteiger partial charge in [-0.3, -0.25) is 10.8 Å². The van der Waals surface area contributed by atoms with Crippen molar-refractivity contribution in [3.63, 3.8) is 0 Å². The number of allylic oxidation sites excluding steroid dienone is 1. The van der Waals surface area contributed by atoms with Gasteiger partial charge in [0.1, 0.15) is 5.17 Å². The molecule has 0 spiro atoms. The summed E-state index contributed by atoms with van der Waals surface area (Å²) in [5.74, 6) is -0.145. The zero-order valence-electron chi connectivity index (χ0n) is 5.44. The van der Waals surface area contributed by atoms with Crippen LogP contribution in [0.5, 0.6) is 0 Å². The lowest BCUT2D eigenvalue weighted by Crippen LogP contribution is -2.14. The Kier molecular flexibility index (Phi) is 3.49. The zero-order chi connectivity index (χ0) is 8.15. The fourth-order valence-electron chi connectivity index (χ4n) is 0.362. The molecule has 0 saturated heterocycles. The Bertz CT molecular complexity index is 187. The molecule has 0 heterocycles. The molecule has 0 atom stereocenters. The second kappa shape index (κ2) is 3.90. The molecule has 0 aliphatic heterocycles. The van der Waals surface area contributed by atoms with Crippen molar-refractivity contribution < 1.29 is 4.74 Å². The summed E-state index contributed by atoms with van der Waals surface area (Å²) in [5.41, 5.74) is 5.03. The highest BCUT2D eigenvalue weighted by Crippen LogP contribution is 1.95. The predicted octanol–water partition coefficient (Wildman–Crippen LogP) is 0.669. The third-order valence-corrected chi connectivity index (χ3v) is 0.852. The maximum atomic E-state index is 6.87. The van der Waals surface area contributed by atoms with Crippen LogP contribution in [0.3, 0.4) is 0 Å². The summed E-state index contributed by atoms with van der Waals surface area (Å²) in [6.07, 6.45) is 1.16. The van der Waals surface area contributed by atoms with Crippen LogP contribution in [0.2, 0.25) is 0 Å². The molecule has 0 bridgehead atoms. The van der Waals surface area contributed by atoms with Gasteiger partial charge in [0.25, 0.3) is 0 Å². The van der Waals surface area contributed by atoms with E-state index >= 15 is 0 Å². The molecule has 0 radical (unpaired) electrons. The van der Waals surface area contributed by atoms with Crippen LogP contribution in [0.1, 0.15) is 0 Å². The van der Waals surface area contributed by atoms with Gasteiger partial charge in [-0.05, 0) is 0 Å². The number of ether oxygens (including phenoxy) is 1. The smallest absolute Gasteiger partial charge is 0.163 e. The van der Waals surface area contributed by atoms with Gasteiger partial charge in [-0.2, -0.15) is 0 Å². The first kappa shape index (κ1) is 8.97. The number of amidine groups is 1. The van der Waals surface area contributed by atoms with Crippen molar-refractivity contribution in [2.75, 3.05) is 7.11 Å². The van der Waals surface area contributed by atoms with E-state index < -0.39 is 0 Å². The number of nitrogens with two attached hydrogens (primary N) is 1. The Hall–Kier alpha value is -1.03. The maximum Gasteiger partial charge on any atom is 0.163 e. The van der Waals surface area contributed by atoms with Gasteiger partial charge in [-0.15, -0.1) is 0 Å². The molecule has 0 aromatic rings. The molecule has 0 saturated carbocycles. The molecular formula is C5H8ClN3O. The molecule has 0 aromatic carbocycles. The largest absolute Gasteiger partial charge is 0.493 e. The molecule has 4 N–H and O–H groups in total. The van der Waals surface area contributed by atoms with Gasteiger partial charge in [0.05, 0.1) is 7.11 Å². The van der Waals surface area contributed by atoms with Gasteiger partial charge in [-0.1, -0.05) is 11.6 Å². The summed E-state index contributed by atoms with van der Waals surface area (Å²) in [6, 6.07) is 0. The van der Waals surface area contributed by atoms with Gasteiger partial charge < -0.3 is 10.5 Å². The number of nitrogens with one attached hydrogen (secondary N) is 2. The number of rotatable bonds is 3. The molecule has 56 valence electrons. The van der Waals surface area contributed by atoms with E-state index in [0.717, 1.165) is 6.08 Å². The Balaban J connectivity index is 4.34. The molecule has 0 aromatic heterocycles. The van der Waals surface area contributed by atoms with E-state index in [1.165, 1.54) is 7.11 Å². The normalized spacial score (nSPS) is 10.8. The van der Waals surface area contributed by atoms with Crippen molar-refractivity contribution in [2.45, 2.75) is 0 Å². The van der Waals surface area contributed by atoms with Crippen molar-refractivity contribution in [1.82, 2.24) is 0 Å². The zero-order valence-corrected chi connectivity index (χ0v) is 6.20. The van der Waals surface area contributed by atoms with E-state index in [9.17, 15) is 0 Å². The van der Waals surface area contributed by atoms with E-state index in [2.05, 4.69) is 4.74 Å². The number of hydrogen-bond donors (Lipinski definition) is 3. The van der Waals surface area contributed by atoms with Crippen molar-refractivity contribution in [1.29, 1.82) is 10.8 Å². The summed E-state index contributed by atoms with van der Waals surface area (Å²) in [6.45, 7) is 0. The highest BCUT2D eigenvalue weighted by atomic mass is 35.5. The van der Waals surface area contributed by atoms with Gasteiger partial charge in [0.15, 0.2) is 11.6 Å². The minimum absolute atomic E-state index is 0.0972. The molecule has 4 nitrogen and oxygen atoms in total. The van der Waals surface area contributed by atoms with Crippen LogP contribution < -0.4 is 5.73 Å². The van der Waals surface area contributed by atoms with Crippen LogP contribution in [0, 0.1) is 10.8 Å². The molecule has 5 heteroatoms. The van der Waals surface area contributed by atoms with Crippen LogP contribution >= 0.6 is 11.6 Å². The van der Waals surface area contributed by atoms with Gasteiger partial charge in [-0.25, -0.2) is 0 Å². The molecule has 0 aliphatic rings. The monoisotopic (exact) mass is 161 g/mol. The maximum absolute atomic E-state index is 6.87. The van der Waals surface area contributed by atoms with E-state index in [1.807, 2.05) is 0 Å². The van der Waals surface area contributed by atoms with Crippen molar-refractivity contribution in [3.8, 4) is 0 Å². The second-order valence-electron chi connectivity index (χ2n) is 1.47. The van der Waals surface area contributed by atoms with Crippen LogP contribution in [0.25, 0.3) is 0 Å². The minimum Gasteiger partial charge on any atom is -0.493 e. The first-order valence-corrected chi connectivity index (χ1v) is 2.80. The first-order chi connectivity index (χ1) is 4.57. The molecule has 0 amide bonds. The van der Waals surface area contributed by atoms with Crippen molar-refractivity contribution in [2.24, 2.45) is 5.73 Å². The highest BCUT2D eigenvalue weighted by molar-refractivity contribution is 6.67. The summed E-state index contributed by atoms with van der Waals surface area (Å²) in [7, 11) is 1.35. The Morgan fingerprint density at radius 3 is 2.20 bits per heavy atom. The van der Waals surface area contributed by atoms with Gasteiger partial charge in [0, 0.05) is 6.08 Å². The van der Waals surface area contributed by atoms with Gasteiger partial charge >= 0.3 is 0 Å². The average Bonchev–Trinajstić information content (AvgIpc) is 1.81. The lowest BCUT2D eigenvalue weighted by atomic mass is 10.4. The van der Waals surface area contributed by atoms with Crippen LogP contribution in [0.15, 0.2) is 11.8 Å². The van der Waals surface area contributed by atoms with Crippen LogP contribution in [-0.2, 0) is 4.74 Å². The summed E-state index contributed by atoms with van der Waals surface area (Å²) < 4.78 is 4.61. The third kappa shape index (κ3) is 3.09. The quantitative estimate of drug-likeness (QED) is 0.323. The predicted molar refractivity (Wildman–Crippen MR) is 40.6 cm³/mol. The standard InChI is InChI=1S/C5H8ClN3O/c1-10-3(5(8)9)2-4(6)7/h2,7H,1H3,(H3,8,9)/b3-2+,7-4?. The van der Waals surface area contributed by atoms with E-state index in [-0.39, 0.29) is 16.8 Å². The molecule has 0 aliphatic carbocycles. The molecular weight excluding hydrogens is 154 g/mol. The average molecular weight is 162 g/mol. The lowest BCUT2D eigenvalue weighted by Gasteiger charge is -2.00. The minimum atomic E-state index is -0.243. The number of halogens is 1. The Labute approximate surface area is 63.6 Å². The van der Waals surface area contributed by atoms with Crippen molar-refractivity contribution >= 4 is 22.6 Å². The fourth-order valence-corrected chi connectivity index (χ4v) is 0.461. The van der Waals surface area contributed by atoms with E-state index in [1.54, 1.807) is 0 Å². The second-order valence-corrected chi connectivity index (χ2v) is 1.88. The fraction of sp³-hybridized carbons (Fsp3) is 0.200. The van der Waals surface area contributed by atoms with Gasteiger partial charge in [0.2, 0.25) is 0 Å². The summed E-state index contributed by atoms with van der Waals surface area (Å²) in [4.78, 5) is 0. The molecule has 0 unspecified atom stereocenters. The summed E-state index contributed by atoms with van der Waals surface area (Å²) in [5, 5.41) is 13.4. The molecule has 0 rings (SSSR count).